The van der Waals surface area contributed by atoms with Crippen LogP contribution in [0.4, 0.5) is 10.5 Å². The van der Waals surface area contributed by atoms with Crippen LogP contribution in [-0.4, -0.2) is 29.0 Å². The number of nitro groups is 1. The Morgan fingerprint density at radius 1 is 1.55 bits per heavy atom. The minimum absolute atomic E-state index is 0.279. The van der Waals surface area contributed by atoms with Crippen molar-refractivity contribution in [1.29, 1.82) is 0 Å². The third-order valence-corrected chi connectivity index (χ3v) is 2.38. The normalized spacial score (nSPS) is 12.7. The highest BCUT2D eigenvalue weighted by Gasteiger charge is 2.10. The fourth-order valence-electron chi connectivity index (χ4n) is 1.32. The van der Waals surface area contributed by atoms with Crippen molar-refractivity contribution in [2.75, 3.05) is 11.9 Å². The first-order valence-corrected chi connectivity index (χ1v) is 5.95. The molecule has 0 spiro atoms. The number of aliphatic hydroxyl groups excluding tert-OH is 1. The molecule has 0 aromatic heterocycles. The maximum absolute atomic E-state index is 11.4. The van der Waals surface area contributed by atoms with Crippen LogP contribution in [0.2, 0.25) is 5.02 Å². The first-order valence-electron chi connectivity index (χ1n) is 5.57. The molecule has 108 valence electrons. The van der Waals surface area contributed by atoms with E-state index in [2.05, 4.69) is 10.1 Å². The molecule has 0 fully saturated rings. The van der Waals surface area contributed by atoms with E-state index in [0.717, 1.165) is 6.08 Å². The number of hydrogen-bond acceptors (Lipinski definition) is 5. The summed E-state index contributed by atoms with van der Waals surface area (Å²) >= 11 is 5.68. The number of hydrogen-bond donors (Lipinski definition) is 2. The van der Waals surface area contributed by atoms with E-state index in [9.17, 15) is 20.0 Å². The number of nitrogens with zero attached hydrogens (tertiary/aromatic N) is 1. The fraction of sp³-hybridized carbons (Fsp3) is 0.250. The molecule has 0 saturated heterocycles. The number of amides is 1. The number of benzene rings is 1. The zero-order valence-corrected chi connectivity index (χ0v) is 11.3. The van der Waals surface area contributed by atoms with Gasteiger partial charge in [0.1, 0.15) is 0 Å². The van der Waals surface area contributed by atoms with Crippen molar-refractivity contribution >= 4 is 23.4 Å². The predicted molar refractivity (Wildman–Crippen MR) is 73.2 cm³/mol. The van der Waals surface area contributed by atoms with Gasteiger partial charge in [-0.05, 0) is 42.8 Å². The zero-order valence-electron chi connectivity index (χ0n) is 10.6. The summed E-state index contributed by atoms with van der Waals surface area (Å²) in [6.07, 6.45) is -1.35. The van der Waals surface area contributed by atoms with E-state index in [1.165, 1.54) is 6.92 Å². The quantitative estimate of drug-likeness (QED) is 0.376. The highest BCUT2D eigenvalue weighted by atomic mass is 35.5. The Morgan fingerprint density at radius 3 is 2.70 bits per heavy atom. The summed E-state index contributed by atoms with van der Waals surface area (Å²) < 4.78 is 4.61. The van der Waals surface area contributed by atoms with Crippen molar-refractivity contribution in [1.82, 2.24) is 0 Å². The lowest BCUT2D eigenvalue weighted by Gasteiger charge is -2.10. The van der Waals surface area contributed by atoms with Gasteiger partial charge in [0.15, 0.2) is 0 Å². The molecule has 1 unspecified atom stereocenters. The molecule has 0 saturated carbocycles. The van der Waals surface area contributed by atoms with Crippen molar-refractivity contribution in [2.24, 2.45) is 0 Å². The Hall–Kier alpha value is -2.12. The van der Waals surface area contributed by atoms with Crippen molar-refractivity contribution in [3.63, 3.8) is 0 Å². The van der Waals surface area contributed by atoms with Crippen molar-refractivity contribution < 1.29 is 19.6 Å². The molecule has 20 heavy (non-hydrogen) atoms. The maximum atomic E-state index is 11.4. The fourth-order valence-corrected chi connectivity index (χ4v) is 1.45. The summed E-state index contributed by atoms with van der Waals surface area (Å²) in [6, 6.07) is 6.27. The lowest BCUT2D eigenvalue weighted by molar-refractivity contribution is -0.470. The number of ether oxygens (including phenoxy) is 1. The first-order chi connectivity index (χ1) is 9.36. The second-order valence-corrected chi connectivity index (χ2v) is 4.37. The molecule has 1 rings (SSSR count). The van der Waals surface area contributed by atoms with Gasteiger partial charge in [0.25, 0.3) is 0 Å². The highest BCUT2D eigenvalue weighted by Crippen LogP contribution is 2.13. The third kappa shape index (κ3) is 6.17. The van der Waals surface area contributed by atoms with E-state index in [0.29, 0.717) is 10.7 Å². The summed E-state index contributed by atoms with van der Waals surface area (Å²) in [4.78, 5) is 21.1. The summed E-state index contributed by atoms with van der Waals surface area (Å²) in [7, 11) is 0. The van der Waals surface area contributed by atoms with Crippen LogP contribution in [0.1, 0.15) is 6.92 Å². The molecule has 7 nitrogen and oxygen atoms in total. The smallest absolute Gasteiger partial charge is 0.414 e. The number of carbonyl (C=O) groups excluding carboxylic acids is 1. The largest absolute Gasteiger partial charge is 0.416 e. The topological polar surface area (TPSA) is 102 Å². The van der Waals surface area contributed by atoms with Gasteiger partial charge in [-0.25, -0.2) is 4.79 Å². The number of halogens is 1. The van der Waals surface area contributed by atoms with Gasteiger partial charge < -0.3 is 9.84 Å². The summed E-state index contributed by atoms with van der Waals surface area (Å²) in [6.45, 7) is 1.02. The van der Waals surface area contributed by atoms with E-state index in [-0.39, 0.29) is 5.57 Å². The second-order valence-electron chi connectivity index (χ2n) is 3.93. The lowest BCUT2D eigenvalue weighted by Crippen LogP contribution is -2.21. The van der Waals surface area contributed by atoms with Crippen LogP contribution < -0.4 is 5.32 Å². The van der Waals surface area contributed by atoms with Crippen LogP contribution in [0.3, 0.4) is 0 Å². The number of nitrogens with one attached hydrogen (secondary N) is 1. The second kappa shape index (κ2) is 7.46. The van der Waals surface area contributed by atoms with Crippen LogP contribution in [0.25, 0.3) is 0 Å². The Balaban J connectivity index is 2.49. The monoisotopic (exact) mass is 300 g/mol. The van der Waals surface area contributed by atoms with Gasteiger partial charge in [-0.15, -0.1) is 0 Å². The van der Waals surface area contributed by atoms with Gasteiger partial charge in [-0.2, -0.15) is 0 Å². The molecule has 0 heterocycles. The average molecular weight is 301 g/mol. The Kier molecular flexibility index (Phi) is 5.95. The number of aliphatic hydroxyl groups is 1. The Bertz CT molecular complexity index is 515. The van der Waals surface area contributed by atoms with Crippen LogP contribution in [0.5, 0.6) is 0 Å². The molecular formula is C12H13ClN2O5. The van der Waals surface area contributed by atoms with Gasteiger partial charge in [-0.1, -0.05) is 11.6 Å². The van der Waals surface area contributed by atoms with Crippen LogP contribution in [-0.2, 0) is 4.74 Å². The Morgan fingerprint density at radius 2 is 2.15 bits per heavy atom. The first kappa shape index (κ1) is 15.9. The van der Waals surface area contributed by atoms with Gasteiger partial charge in [0.05, 0.1) is 0 Å². The summed E-state index contributed by atoms with van der Waals surface area (Å²) in [5.41, 5.74) is 0.722. The molecule has 8 heteroatoms. The summed E-state index contributed by atoms with van der Waals surface area (Å²) in [5, 5.41) is 22.5. The lowest BCUT2D eigenvalue weighted by atomic mass is 10.3. The molecule has 1 atom stereocenters. The predicted octanol–water partition coefficient (Wildman–Crippen LogP) is 2.43. The van der Waals surface area contributed by atoms with E-state index >= 15 is 0 Å². The molecular weight excluding hydrogens is 288 g/mol. The molecule has 0 radical (unpaired) electrons. The minimum Gasteiger partial charge on any atom is -0.416 e. The number of carbonyl (C=O) groups is 1. The molecule has 2 N–H and O–H groups in total. The maximum Gasteiger partial charge on any atom is 0.414 e. The van der Waals surface area contributed by atoms with Gasteiger partial charge >= 0.3 is 6.09 Å². The molecule has 0 aliphatic rings. The van der Waals surface area contributed by atoms with E-state index in [1.54, 1.807) is 24.3 Å². The number of anilines is 1. The van der Waals surface area contributed by atoms with Crippen LogP contribution >= 0.6 is 11.6 Å². The van der Waals surface area contributed by atoms with Gasteiger partial charge in [0.2, 0.25) is 12.8 Å². The van der Waals surface area contributed by atoms with Crippen molar-refractivity contribution in [2.45, 2.75) is 13.2 Å². The Labute approximate surface area is 120 Å². The van der Waals surface area contributed by atoms with Gasteiger partial charge in [-0.3, -0.25) is 15.4 Å². The molecule has 1 aromatic carbocycles. The molecule has 0 aliphatic heterocycles. The molecule has 0 bridgehead atoms. The van der Waals surface area contributed by atoms with Gasteiger partial charge in [0, 0.05) is 15.6 Å². The highest BCUT2D eigenvalue weighted by molar-refractivity contribution is 6.30. The molecule has 1 aromatic rings. The van der Waals surface area contributed by atoms with E-state index < -0.39 is 23.9 Å². The van der Waals surface area contributed by atoms with Crippen LogP contribution in [0, 0.1) is 10.1 Å². The standard InChI is InChI=1S/C12H13ClN2O5/c1-8(7-15(18)19)6-11(16)20-12(17)14-10-4-2-9(13)3-5-10/h2-6,11,16H,7H2,1H3,(H,14,17)/b8-6+. The minimum atomic E-state index is -1.55. The molecule has 1 amide bonds. The zero-order chi connectivity index (χ0) is 15.1. The van der Waals surface area contributed by atoms with E-state index in [1.807, 2.05) is 0 Å². The number of rotatable bonds is 5. The van der Waals surface area contributed by atoms with Crippen molar-refractivity contribution in [3.05, 3.63) is 51.1 Å². The average Bonchev–Trinajstić information content (AvgIpc) is 2.30. The van der Waals surface area contributed by atoms with Crippen LogP contribution in [0.15, 0.2) is 35.9 Å². The van der Waals surface area contributed by atoms with E-state index in [4.69, 9.17) is 11.6 Å². The third-order valence-electron chi connectivity index (χ3n) is 2.12. The SMILES string of the molecule is C/C(=C\C(O)OC(=O)Nc1ccc(Cl)cc1)C[N+](=O)[O-]. The molecule has 0 aliphatic carbocycles. The van der Waals surface area contributed by atoms with Crippen molar-refractivity contribution in [3.8, 4) is 0 Å². The summed E-state index contributed by atoms with van der Waals surface area (Å²) in [5.74, 6) is 0.